The van der Waals surface area contributed by atoms with Crippen LogP contribution in [0, 0.1) is 12.3 Å². The van der Waals surface area contributed by atoms with Gasteiger partial charge in [-0.1, -0.05) is 6.07 Å². The van der Waals surface area contributed by atoms with E-state index in [0.717, 1.165) is 63.1 Å². The molecular weight excluding hydrogens is 314 g/mol. The molecule has 2 aliphatic rings. The Bertz CT molecular complexity index is 693. The summed E-state index contributed by atoms with van der Waals surface area (Å²) in [6, 6.07) is 10.2. The summed E-state index contributed by atoms with van der Waals surface area (Å²) in [5, 5.41) is 8.62. The molecular formula is C19H25N5O. The van der Waals surface area contributed by atoms with Crippen molar-refractivity contribution in [3.63, 3.8) is 0 Å². The number of nitrogens with zero attached hydrogens (tertiary/aromatic N) is 5. The predicted octanol–water partition coefficient (Wildman–Crippen LogP) is 2.30. The van der Waals surface area contributed by atoms with Crippen molar-refractivity contribution in [3.8, 4) is 0 Å². The Labute approximate surface area is 148 Å². The van der Waals surface area contributed by atoms with E-state index in [0.29, 0.717) is 0 Å². The molecule has 6 heteroatoms. The van der Waals surface area contributed by atoms with Crippen LogP contribution >= 0.6 is 0 Å². The van der Waals surface area contributed by atoms with Gasteiger partial charge in [-0.3, -0.25) is 0 Å². The predicted molar refractivity (Wildman–Crippen MR) is 97.9 cm³/mol. The van der Waals surface area contributed by atoms with Gasteiger partial charge in [0.1, 0.15) is 5.82 Å². The Kier molecular flexibility index (Phi) is 4.53. The zero-order chi connectivity index (χ0) is 17.1. The van der Waals surface area contributed by atoms with Crippen LogP contribution in [0.3, 0.4) is 0 Å². The zero-order valence-electron chi connectivity index (χ0n) is 14.8. The maximum atomic E-state index is 6.01. The third-order valence-electron chi connectivity index (χ3n) is 5.18. The Morgan fingerprint density at radius 2 is 1.88 bits per heavy atom. The van der Waals surface area contributed by atoms with E-state index in [1.54, 1.807) is 0 Å². The van der Waals surface area contributed by atoms with Crippen molar-refractivity contribution < 1.29 is 4.74 Å². The molecule has 0 amide bonds. The molecule has 2 aromatic rings. The fourth-order valence-electron chi connectivity index (χ4n) is 3.94. The number of pyridine rings is 1. The van der Waals surface area contributed by atoms with Crippen LogP contribution < -0.4 is 9.80 Å². The molecule has 2 aromatic heterocycles. The monoisotopic (exact) mass is 339 g/mol. The Morgan fingerprint density at radius 3 is 2.64 bits per heavy atom. The van der Waals surface area contributed by atoms with Crippen molar-refractivity contribution in [2.45, 2.75) is 19.8 Å². The number of hydrogen-bond acceptors (Lipinski definition) is 6. The van der Waals surface area contributed by atoms with E-state index in [4.69, 9.17) is 4.74 Å². The molecule has 132 valence electrons. The molecule has 1 atom stereocenters. The summed E-state index contributed by atoms with van der Waals surface area (Å²) in [4.78, 5) is 9.28. The normalized spacial score (nSPS) is 24.4. The lowest BCUT2D eigenvalue weighted by Crippen LogP contribution is -2.51. The molecule has 0 N–H and O–H groups in total. The molecule has 25 heavy (non-hydrogen) atoms. The molecule has 0 saturated carbocycles. The standard InChI is InChI=1S/C19H25N5O/c1-16-6-7-18(22-21-16)23-10-4-8-19(13-23)14-24(11-12-25-15-19)17-5-2-3-9-20-17/h2-3,5-7,9H,4,8,10-15H2,1H3/t19-/m0/s1. The summed E-state index contributed by atoms with van der Waals surface area (Å²) in [6.07, 6.45) is 4.18. The van der Waals surface area contributed by atoms with E-state index in [1.807, 2.05) is 25.3 Å². The van der Waals surface area contributed by atoms with Gasteiger partial charge in [-0.15, -0.1) is 5.10 Å². The van der Waals surface area contributed by atoms with Gasteiger partial charge < -0.3 is 14.5 Å². The summed E-state index contributed by atoms with van der Waals surface area (Å²) in [6.45, 7) is 7.37. The van der Waals surface area contributed by atoms with Crippen molar-refractivity contribution in [3.05, 3.63) is 42.2 Å². The van der Waals surface area contributed by atoms with Crippen LogP contribution in [0.5, 0.6) is 0 Å². The Morgan fingerprint density at radius 1 is 1.00 bits per heavy atom. The molecule has 2 fully saturated rings. The van der Waals surface area contributed by atoms with E-state index < -0.39 is 0 Å². The highest BCUT2D eigenvalue weighted by Gasteiger charge is 2.39. The molecule has 2 aliphatic heterocycles. The lowest BCUT2D eigenvalue weighted by atomic mass is 9.80. The van der Waals surface area contributed by atoms with Crippen LogP contribution in [0.1, 0.15) is 18.5 Å². The van der Waals surface area contributed by atoms with Crippen LogP contribution in [-0.2, 0) is 4.74 Å². The zero-order valence-corrected chi connectivity index (χ0v) is 14.8. The number of hydrogen-bond donors (Lipinski definition) is 0. The van der Waals surface area contributed by atoms with E-state index >= 15 is 0 Å². The van der Waals surface area contributed by atoms with Crippen LogP contribution in [0.15, 0.2) is 36.5 Å². The van der Waals surface area contributed by atoms with Crippen LogP contribution in [0.25, 0.3) is 0 Å². The van der Waals surface area contributed by atoms with Crippen molar-refractivity contribution in [1.29, 1.82) is 0 Å². The van der Waals surface area contributed by atoms with Crippen molar-refractivity contribution in [1.82, 2.24) is 15.2 Å². The van der Waals surface area contributed by atoms with Gasteiger partial charge in [0.2, 0.25) is 0 Å². The second-order valence-electron chi connectivity index (χ2n) is 7.22. The van der Waals surface area contributed by atoms with Gasteiger partial charge >= 0.3 is 0 Å². The summed E-state index contributed by atoms with van der Waals surface area (Å²) in [7, 11) is 0. The maximum absolute atomic E-state index is 6.01. The van der Waals surface area contributed by atoms with Gasteiger partial charge in [-0.25, -0.2) is 4.98 Å². The summed E-state index contributed by atoms with van der Waals surface area (Å²) >= 11 is 0. The fraction of sp³-hybridized carbons (Fsp3) is 0.526. The number of ether oxygens (including phenoxy) is 1. The first-order chi connectivity index (χ1) is 12.2. The van der Waals surface area contributed by atoms with Gasteiger partial charge in [0.05, 0.1) is 18.9 Å². The second kappa shape index (κ2) is 6.96. The topological polar surface area (TPSA) is 54.4 Å². The van der Waals surface area contributed by atoms with E-state index in [2.05, 4.69) is 43.2 Å². The molecule has 1 spiro atoms. The first-order valence-electron chi connectivity index (χ1n) is 9.03. The highest BCUT2D eigenvalue weighted by Crippen LogP contribution is 2.35. The first kappa shape index (κ1) is 16.3. The molecule has 4 rings (SSSR count). The van der Waals surface area contributed by atoms with E-state index in [1.165, 1.54) is 6.42 Å². The maximum Gasteiger partial charge on any atom is 0.151 e. The lowest BCUT2D eigenvalue weighted by molar-refractivity contribution is 0.0597. The quantitative estimate of drug-likeness (QED) is 0.837. The van der Waals surface area contributed by atoms with Crippen LogP contribution in [0.2, 0.25) is 0 Å². The second-order valence-corrected chi connectivity index (χ2v) is 7.22. The number of rotatable bonds is 2. The Balaban J connectivity index is 1.55. The van der Waals surface area contributed by atoms with Crippen molar-refractivity contribution in [2.75, 3.05) is 49.2 Å². The fourth-order valence-corrected chi connectivity index (χ4v) is 3.94. The number of piperidine rings is 1. The van der Waals surface area contributed by atoms with E-state index in [-0.39, 0.29) is 5.41 Å². The largest absolute Gasteiger partial charge is 0.379 e. The molecule has 0 aromatic carbocycles. The van der Waals surface area contributed by atoms with Crippen molar-refractivity contribution >= 4 is 11.6 Å². The van der Waals surface area contributed by atoms with Crippen LogP contribution in [-0.4, -0.2) is 54.6 Å². The number of anilines is 2. The number of aromatic nitrogens is 3. The smallest absolute Gasteiger partial charge is 0.151 e. The first-order valence-corrected chi connectivity index (χ1v) is 9.03. The van der Waals surface area contributed by atoms with Crippen LogP contribution in [0.4, 0.5) is 11.6 Å². The number of aryl methyl sites for hydroxylation is 1. The molecule has 0 bridgehead atoms. The average Bonchev–Trinajstić information content (AvgIpc) is 2.86. The molecule has 4 heterocycles. The summed E-state index contributed by atoms with van der Waals surface area (Å²) in [5.74, 6) is 2.01. The SMILES string of the molecule is Cc1ccc(N2CCC[C@]3(COCCN(c4ccccn4)C3)C2)nn1. The van der Waals surface area contributed by atoms with E-state index in [9.17, 15) is 0 Å². The van der Waals surface area contributed by atoms with Crippen molar-refractivity contribution in [2.24, 2.45) is 5.41 Å². The van der Waals surface area contributed by atoms with Gasteiger partial charge in [0.25, 0.3) is 0 Å². The molecule has 0 unspecified atom stereocenters. The molecule has 2 saturated heterocycles. The van der Waals surface area contributed by atoms with Gasteiger partial charge in [0, 0.05) is 37.8 Å². The minimum Gasteiger partial charge on any atom is -0.379 e. The minimum atomic E-state index is 0.110. The van der Waals surface area contributed by atoms with Gasteiger partial charge in [-0.2, -0.15) is 5.10 Å². The average molecular weight is 339 g/mol. The third kappa shape index (κ3) is 3.58. The molecule has 0 radical (unpaired) electrons. The molecule has 6 nitrogen and oxygen atoms in total. The summed E-state index contributed by atoms with van der Waals surface area (Å²) < 4.78 is 6.01. The Hall–Kier alpha value is -2.21. The summed E-state index contributed by atoms with van der Waals surface area (Å²) in [5.41, 5.74) is 1.06. The van der Waals surface area contributed by atoms with Gasteiger partial charge in [-0.05, 0) is 44.0 Å². The molecule has 0 aliphatic carbocycles. The highest BCUT2D eigenvalue weighted by atomic mass is 16.5. The highest BCUT2D eigenvalue weighted by molar-refractivity contribution is 5.41. The third-order valence-corrected chi connectivity index (χ3v) is 5.18. The van der Waals surface area contributed by atoms with Gasteiger partial charge in [0.15, 0.2) is 5.82 Å². The minimum absolute atomic E-state index is 0.110. The lowest BCUT2D eigenvalue weighted by Gasteiger charge is -2.44.